The van der Waals surface area contributed by atoms with E-state index in [2.05, 4.69) is 27.1 Å². The zero-order valence-corrected chi connectivity index (χ0v) is 16.8. The molecule has 0 saturated carbocycles. The van der Waals surface area contributed by atoms with E-state index < -0.39 is 0 Å². The van der Waals surface area contributed by atoms with E-state index in [9.17, 15) is 0 Å². The van der Waals surface area contributed by atoms with Crippen molar-refractivity contribution in [1.82, 2.24) is 19.5 Å². The lowest BCUT2D eigenvalue weighted by Gasteiger charge is -2.06. The smallest absolute Gasteiger partial charge is 0.173 e. The summed E-state index contributed by atoms with van der Waals surface area (Å²) in [6, 6.07) is 17.6. The van der Waals surface area contributed by atoms with Crippen molar-refractivity contribution in [3.63, 3.8) is 0 Å². The molecule has 0 radical (unpaired) electrons. The van der Waals surface area contributed by atoms with Gasteiger partial charge in [0.25, 0.3) is 0 Å². The molecule has 8 heteroatoms. The molecule has 148 valence electrons. The van der Waals surface area contributed by atoms with Crippen LogP contribution in [-0.2, 0) is 6.54 Å². The van der Waals surface area contributed by atoms with Gasteiger partial charge in [0.1, 0.15) is 17.0 Å². The van der Waals surface area contributed by atoms with Gasteiger partial charge < -0.3 is 19.0 Å². The van der Waals surface area contributed by atoms with Gasteiger partial charge in [-0.25, -0.2) is 9.97 Å². The monoisotopic (exact) mass is 407 g/mol. The Morgan fingerprint density at radius 1 is 1.07 bits per heavy atom. The maximum atomic E-state index is 8.07. The number of imidazole rings is 1. The number of nitrogens with one attached hydrogen (secondary N) is 2. The third-order valence-electron chi connectivity index (χ3n) is 4.34. The first kappa shape index (κ1) is 19.1. The third kappa shape index (κ3) is 4.60. The Morgan fingerprint density at radius 2 is 1.83 bits per heavy atom. The zero-order valence-electron chi connectivity index (χ0n) is 16.0. The summed E-state index contributed by atoms with van der Waals surface area (Å²) in [5.41, 5.74) is 2.72. The van der Waals surface area contributed by atoms with Crippen LogP contribution < -0.4 is 15.0 Å². The molecule has 0 fully saturated rings. The Morgan fingerprint density at radius 3 is 2.59 bits per heavy atom. The van der Waals surface area contributed by atoms with E-state index in [1.54, 1.807) is 25.2 Å². The van der Waals surface area contributed by atoms with Crippen LogP contribution in [0.2, 0.25) is 0 Å². The van der Waals surface area contributed by atoms with Crippen LogP contribution in [-0.4, -0.2) is 39.0 Å². The van der Waals surface area contributed by atoms with Gasteiger partial charge in [0.05, 0.1) is 26.6 Å². The highest BCUT2D eigenvalue weighted by Crippen LogP contribution is 2.20. The van der Waals surface area contributed by atoms with Gasteiger partial charge in [-0.3, -0.25) is 5.41 Å². The first-order valence-corrected chi connectivity index (χ1v) is 10.1. The SMILES string of the molecule is COc1ccc(OCCSc2nc3c([nH]2)c(=N)ncn3Cc2ccccc2)cc1. The molecule has 4 rings (SSSR count). The van der Waals surface area contributed by atoms with Crippen molar-refractivity contribution in [2.24, 2.45) is 0 Å². The lowest BCUT2D eigenvalue weighted by Crippen LogP contribution is -2.13. The Kier molecular flexibility index (Phi) is 5.81. The van der Waals surface area contributed by atoms with E-state index in [1.165, 1.54) is 0 Å². The van der Waals surface area contributed by atoms with E-state index in [1.807, 2.05) is 47.0 Å². The number of methoxy groups -OCH3 is 1. The molecule has 2 heterocycles. The van der Waals surface area contributed by atoms with Gasteiger partial charge in [0.15, 0.2) is 16.3 Å². The summed E-state index contributed by atoms with van der Waals surface area (Å²) in [5, 5.41) is 8.82. The fourth-order valence-corrected chi connectivity index (χ4v) is 3.58. The van der Waals surface area contributed by atoms with Crippen molar-refractivity contribution in [3.8, 4) is 11.5 Å². The molecular formula is C21H21N5O2S. The van der Waals surface area contributed by atoms with E-state index in [-0.39, 0.29) is 5.49 Å². The number of aromatic amines is 1. The molecule has 0 atom stereocenters. The van der Waals surface area contributed by atoms with Crippen LogP contribution in [0.25, 0.3) is 11.2 Å². The third-order valence-corrected chi connectivity index (χ3v) is 5.18. The topological polar surface area (TPSA) is 88.8 Å². The van der Waals surface area contributed by atoms with Crippen molar-refractivity contribution < 1.29 is 9.47 Å². The highest BCUT2D eigenvalue weighted by Gasteiger charge is 2.10. The summed E-state index contributed by atoms with van der Waals surface area (Å²) in [4.78, 5) is 12.1. The minimum Gasteiger partial charge on any atom is -0.497 e. The summed E-state index contributed by atoms with van der Waals surface area (Å²) in [6.07, 6.45) is 1.67. The van der Waals surface area contributed by atoms with Crippen LogP contribution in [0.4, 0.5) is 0 Å². The standard InChI is InChI=1S/C21H21N5O2S/c1-27-16-7-9-17(10-8-16)28-11-12-29-21-24-18-19(22)23-14-26(20(18)25-21)13-15-5-3-2-4-6-15/h2-10,14,22H,11-13H2,1H3,(H,24,25). The highest BCUT2D eigenvalue weighted by atomic mass is 32.2. The van der Waals surface area contributed by atoms with Crippen molar-refractivity contribution in [2.45, 2.75) is 11.7 Å². The molecule has 7 nitrogen and oxygen atoms in total. The van der Waals surface area contributed by atoms with Gasteiger partial charge in [-0.2, -0.15) is 0 Å². The normalized spacial score (nSPS) is 10.9. The average molecular weight is 407 g/mol. The molecule has 0 unspecified atom stereocenters. The van der Waals surface area contributed by atoms with Gasteiger partial charge >= 0.3 is 0 Å². The van der Waals surface area contributed by atoms with E-state index >= 15 is 0 Å². The van der Waals surface area contributed by atoms with Crippen molar-refractivity contribution in [2.75, 3.05) is 19.5 Å². The predicted molar refractivity (Wildman–Crippen MR) is 112 cm³/mol. The van der Waals surface area contributed by atoms with Crippen LogP contribution in [0.15, 0.2) is 66.1 Å². The highest BCUT2D eigenvalue weighted by molar-refractivity contribution is 7.99. The molecule has 0 saturated heterocycles. The van der Waals surface area contributed by atoms with Crippen molar-refractivity contribution in [1.29, 1.82) is 5.41 Å². The molecule has 0 aliphatic carbocycles. The fraction of sp³-hybridized carbons (Fsp3) is 0.190. The molecule has 29 heavy (non-hydrogen) atoms. The summed E-state index contributed by atoms with van der Waals surface area (Å²) < 4.78 is 12.9. The largest absolute Gasteiger partial charge is 0.497 e. The number of hydrogen-bond acceptors (Lipinski definition) is 6. The molecule has 2 aromatic carbocycles. The molecule has 4 aromatic rings. The summed E-state index contributed by atoms with van der Waals surface area (Å²) in [6.45, 7) is 1.20. The quantitative estimate of drug-likeness (QED) is 0.345. The van der Waals surface area contributed by atoms with Crippen LogP contribution in [0.5, 0.6) is 11.5 Å². The Bertz CT molecular complexity index is 1140. The van der Waals surface area contributed by atoms with E-state index in [0.29, 0.717) is 18.7 Å². The Labute approximate surface area is 172 Å². The van der Waals surface area contributed by atoms with Gasteiger partial charge in [-0.1, -0.05) is 42.1 Å². The van der Waals surface area contributed by atoms with Crippen LogP contribution >= 0.6 is 11.8 Å². The second-order valence-electron chi connectivity index (χ2n) is 6.32. The molecule has 0 bridgehead atoms. The number of nitrogens with zero attached hydrogens (tertiary/aromatic N) is 3. The van der Waals surface area contributed by atoms with Crippen molar-refractivity contribution >= 4 is 22.9 Å². The first-order valence-electron chi connectivity index (χ1n) is 9.16. The Balaban J connectivity index is 1.42. The van der Waals surface area contributed by atoms with Gasteiger partial charge in [-0.05, 0) is 29.8 Å². The number of thioether (sulfide) groups is 1. The average Bonchev–Trinajstić information content (AvgIpc) is 3.20. The number of ether oxygens (including phenoxy) is 2. The summed E-state index contributed by atoms with van der Waals surface area (Å²) in [7, 11) is 1.64. The van der Waals surface area contributed by atoms with Crippen LogP contribution in [0.1, 0.15) is 5.56 Å². The van der Waals surface area contributed by atoms with Crippen LogP contribution in [0, 0.1) is 5.41 Å². The summed E-state index contributed by atoms with van der Waals surface area (Å²) >= 11 is 1.56. The summed E-state index contributed by atoms with van der Waals surface area (Å²) in [5.74, 6) is 2.33. The fourth-order valence-electron chi connectivity index (χ4n) is 2.90. The lowest BCUT2D eigenvalue weighted by atomic mass is 10.2. The van der Waals surface area contributed by atoms with Gasteiger partial charge in [-0.15, -0.1) is 0 Å². The second-order valence-corrected chi connectivity index (χ2v) is 7.40. The minimum atomic E-state index is 0.193. The second kappa shape index (κ2) is 8.83. The lowest BCUT2D eigenvalue weighted by molar-refractivity contribution is 0.342. The number of rotatable bonds is 8. The maximum Gasteiger partial charge on any atom is 0.173 e. The molecule has 0 spiro atoms. The zero-order chi connectivity index (χ0) is 20.1. The number of benzene rings is 2. The first-order chi connectivity index (χ1) is 14.2. The number of aromatic nitrogens is 4. The molecule has 0 aliphatic rings. The molecule has 0 aliphatic heterocycles. The van der Waals surface area contributed by atoms with Gasteiger partial charge in [0, 0.05) is 5.75 Å². The molecule has 2 N–H and O–H groups in total. The van der Waals surface area contributed by atoms with Gasteiger partial charge in [0.2, 0.25) is 0 Å². The minimum absolute atomic E-state index is 0.193. The maximum absolute atomic E-state index is 8.07. The predicted octanol–water partition coefficient (Wildman–Crippen LogP) is 3.47. The van der Waals surface area contributed by atoms with Crippen molar-refractivity contribution in [3.05, 3.63) is 72.0 Å². The van der Waals surface area contributed by atoms with E-state index in [0.717, 1.165) is 33.6 Å². The molecular weight excluding hydrogens is 386 g/mol. The Hall–Kier alpha value is -3.26. The number of hydrogen-bond donors (Lipinski definition) is 2. The molecule has 2 aromatic heterocycles. The number of fused-ring (bicyclic) bond motifs is 1. The number of H-pyrrole nitrogens is 1. The van der Waals surface area contributed by atoms with E-state index in [4.69, 9.17) is 14.9 Å². The molecule has 0 amide bonds. The van der Waals surface area contributed by atoms with Crippen LogP contribution in [0.3, 0.4) is 0 Å².